The zero-order valence-corrected chi connectivity index (χ0v) is 16.6. The summed E-state index contributed by atoms with van der Waals surface area (Å²) >= 11 is 13.3. The van der Waals surface area contributed by atoms with Crippen molar-refractivity contribution in [2.75, 3.05) is 36.4 Å². The molecule has 1 spiro atoms. The van der Waals surface area contributed by atoms with Crippen LogP contribution in [0.3, 0.4) is 0 Å². The van der Waals surface area contributed by atoms with Crippen LogP contribution < -0.4 is 16.0 Å². The maximum atomic E-state index is 12.9. The van der Waals surface area contributed by atoms with E-state index in [0.717, 1.165) is 17.7 Å². The molecule has 7 nitrogen and oxygen atoms in total. The number of thiazole rings is 1. The highest BCUT2D eigenvalue weighted by Gasteiger charge is 2.49. The molecular weight excluding hydrogens is 409 g/mol. The van der Waals surface area contributed by atoms with E-state index < -0.39 is 0 Å². The fourth-order valence-corrected chi connectivity index (χ4v) is 4.83. The number of nitrogens with zero attached hydrogens (tertiary/aromatic N) is 3. The summed E-state index contributed by atoms with van der Waals surface area (Å²) in [7, 11) is 0. The van der Waals surface area contributed by atoms with E-state index in [-0.39, 0.29) is 23.9 Å². The summed E-state index contributed by atoms with van der Waals surface area (Å²) in [6.07, 6.45) is 2.24. The minimum atomic E-state index is -0.344. The Morgan fingerprint density at radius 2 is 2.15 bits per heavy atom. The van der Waals surface area contributed by atoms with Crippen LogP contribution in [0, 0.1) is 0 Å². The van der Waals surface area contributed by atoms with Crippen molar-refractivity contribution in [3.8, 4) is 0 Å². The molecule has 2 aliphatic rings. The SMILES string of the molecule is NCC(=O)N1CCC2(C1)CN(C(=O)Nc1ncc(Cl)s1)c1ccc(Cl)cc12. The fourth-order valence-electron chi connectivity index (χ4n) is 3.86. The largest absolute Gasteiger partial charge is 0.341 e. The molecule has 0 bridgehead atoms. The number of hydrogen-bond acceptors (Lipinski definition) is 5. The highest BCUT2D eigenvalue weighted by atomic mass is 35.5. The Morgan fingerprint density at radius 3 is 2.85 bits per heavy atom. The van der Waals surface area contributed by atoms with Crippen LogP contribution in [0.25, 0.3) is 0 Å². The quantitative estimate of drug-likeness (QED) is 0.773. The average molecular weight is 426 g/mol. The number of hydrogen-bond donors (Lipinski definition) is 2. The van der Waals surface area contributed by atoms with Crippen LogP contribution in [0.15, 0.2) is 24.4 Å². The van der Waals surface area contributed by atoms with Gasteiger partial charge in [0, 0.05) is 35.8 Å². The van der Waals surface area contributed by atoms with E-state index in [0.29, 0.717) is 34.1 Å². The molecule has 2 aliphatic heterocycles. The molecule has 1 unspecified atom stereocenters. The van der Waals surface area contributed by atoms with Gasteiger partial charge in [-0.05, 0) is 30.2 Å². The van der Waals surface area contributed by atoms with Crippen LogP contribution in [-0.2, 0) is 10.2 Å². The lowest BCUT2D eigenvalue weighted by molar-refractivity contribution is -0.128. The number of carbonyl (C=O) groups is 2. The molecule has 27 heavy (non-hydrogen) atoms. The lowest BCUT2D eigenvalue weighted by Crippen LogP contribution is -2.42. The molecule has 3 amide bonds. The van der Waals surface area contributed by atoms with E-state index in [1.807, 2.05) is 12.1 Å². The summed E-state index contributed by atoms with van der Waals surface area (Å²) in [6.45, 7) is 1.57. The number of carbonyl (C=O) groups excluding carboxylic acids is 2. The van der Waals surface area contributed by atoms with E-state index in [1.54, 1.807) is 15.9 Å². The Labute approximate surface area is 170 Å². The van der Waals surface area contributed by atoms with Gasteiger partial charge in [-0.15, -0.1) is 0 Å². The molecule has 1 aromatic carbocycles. The molecule has 3 N–H and O–H groups in total. The second-order valence-corrected chi connectivity index (χ2v) is 8.80. The molecule has 1 atom stereocenters. The summed E-state index contributed by atoms with van der Waals surface area (Å²) in [6, 6.07) is 5.21. The Kier molecular flexibility index (Phi) is 4.75. The summed E-state index contributed by atoms with van der Waals surface area (Å²) < 4.78 is 0.502. The first kappa shape index (κ1) is 18.5. The number of amides is 3. The minimum absolute atomic E-state index is 0.0203. The van der Waals surface area contributed by atoms with Gasteiger partial charge < -0.3 is 10.6 Å². The number of anilines is 2. The maximum Gasteiger partial charge on any atom is 0.328 e. The summed E-state index contributed by atoms with van der Waals surface area (Å²) in [5.41, 5.74) is 6.95. The molecule has 4 rings (SSSR count). The van der Waals surface area contributed by atoms with Crippen LogP contribution in [0.5, 0.6) is 0 Å². The van der Waals surface area contributed by atoms with E-state index in [9.17, 15) is 9.59 Å². The summed E-state index contributed by atoms with van der Waals surface area (Å²) in [5, 5.41) is 3.83. The maximum absolute atomic E-state index is 12.9. The van der Waals surface area contributed by atoms with Crippen LogP contribution in [0.2, 0.25) is 9.36 Å². The zero-order chi connectivity index (χ0) is 19.2. The second-order valence-electron chi connectivity index (χ2n) is 6.70. The summed E-state index contributed by atoms with van der Waals surface area (Å²) in [5.74, 6) is -0.0872. The van der Waals surface area contributed by atoms with Gasteiger partial charge in [0.2, 0.25) is 5.91 Å². The summed E-state index contributed by atoms with van der Waals surface area (Å²) in [4.78, 5) is 32.4. The fraction of sp³-hybridized carbons (Fsp3) is 0.353. The van der Waals surface area contributed by atoms with E-state index in [1.165, 1.54) is 17.5 Å². The molecule has 3 heterocycles. The van der Waals surface area contributed by atoms with Gasteiger partial charge in [0.05, 0.1) is 12.7 Å². The molecule has 0 aliphatic carbocycles. The van der Waals surface area contributed by atoms with Crippen molar-refractivity contribution in [1.82, 2.24) is 9.88 Å². The van der Waals surface area contributed by atoms with Crippen molar-refractivity contribution in [3.63, 3.8) is 0 Å². The topological polar surface area (TPSA) is 91.6 Å². The van der Waals surface area contributed by atoms with Crippen molar-refractivity contribution in [2.45, 2.75) is 11.8 Å². The monoisotopic (exact) mass is 425 g/mol. The van der Waals surface area contributed by atoms with E-state index in [2.05, 4.69) is 10.3 Å². The van der Waals surface area contributed by atoms with Gasteiger partial charge in [0.15, 0.2) is 5.13 Å². The predicted molar refractivity (Wildman–Crippen MR) is 107 cm³/mol. The highest BCUT2D eigenvalue weighted by Crippen LogP contribution is 2.47. The van der Waals surface area contributed by atoms with Gasteiger partial charge in [-0.3, -0.25) is 15.0 Å². The van der Waals surface area contributed by atoms with Crippen LogP contribution >= 0.6 is 34.5 Å². The second kappa shape index (κ2) is 6.94. The van der Waals surface area contributed by atoms with Crippen LogP contribution in [0.1, 0.15) is 12.0 Å². The standard InChI is InChI=1S/C17H17Cl2N5O2S/c18-10-1-2-12-11(5-10)17(3-4-23(8-17)14(25)6-20)9-24(12)16(26)22-15-21-7-13(19)27-15/h1-2,5,7H,3-4,6,8-9,20H2,(H,21,22,26). The Bertz CT molecular complexity index is 920. The molecule has 0 radical (unpaired) electrons. The predicted octanol–water partition coefficient (Wildman–Crippen LogP) is 2.93. The van der Waals surface area contributed by atoms with Crippen LogP contribution in [-0.4, -0.2) is 48.0 Å². The molecular formula is C17H17Cl2N5O2S. The number of nitrogens with one attached hydrogen (secondary N) is 1. The van der Waals surface area contributed by atoms with Crippen molar-refractivity contribution in [3.05, 3.63) is 39.3 Å². The number of halogens is 2. The third kappa shape index (κ3) is 3.27. The Morgan fingerprint density at radius 1 is 1.33 bits per heavy atom. The number of urea groups is 1. The van der Waals surface area contributed by atoms with Crippen molar-refractivity contribution >= 4 is 57.3 Å². The minimum Gasteiger partial charge on any atom is -0.341 e. The lowest BCUT2D eigenvalue weighted by atomic mass is 9.81. The first-order valence-electron chi connectivity index (χ1n) is 8.39. The number of rotatable bonds is 2. The molecule has 2 aromatic rings. The van der Waals surface area contributed by atoms with Gasteiger partial charge in [-0.2, -0.15) is 0 Å². The van der Waals surface area contributed by atoms with Crippen LogP contribution in [0.4, 0.5) is 15.6 Å². The molecule has 1 fully saturated rings. The molecule has 0 saturated carbocycles. The first-order chi connectivity index (χ1) is 12.9. The number of likely N-dealkylation sites (tertiary alicyclic amines) is 1. The Hall–Kier alpha value is -1.87. The van der Waals surface area contributed by atoms with Gasteiger partial charge in [-0.25, -0.2) is 9.78 Å². The molecule has 1 aromatic heterocycles. The average Bonchev–Trinajstić information content (AvgIpc) is 3.34. The van der Waals surface area contributed by atoms with E-state index in [4.69, 9.17) is 28.9 Å². The molecule has 10 heteroatoms. The zero-order valence-electron chi connectivity index (χ0n) is 14.2. The van der Waals surface area contributed by atoms with Gasteiger partial charge in [-0.1, -0.05) is 34.5 Å². The van der Waals surface area contributed by atoms with Crippen molar-refractivity contribution in [1.29, 1.82) is 0 Å². The highest BCUT2D eigenvalue weighted by molar-refractivity contribution is 7.19. The normalized spacial score (nSPS) is 21.0. The lowest BCUT2D eigenvalue weighted by Gasteiger charge is -2.25. The third-order valence-corrected chi connectivity index (χ3v) is 6.36. The van der Waals surface area contributed by atoms with E-state index >= 15 is 0 Å². The number of benzene rings is 1. The number of fused-ring (bicyclic) bond motifs is 2. The first-order valence-corrected chi connectivity index (χ1v) is 9.97. The van der Waals surface area contributed by atoms with Crippen molar-refractivity contribution in [2.24, 2.45) is 5.73 Å². The molecule has 142 valence electrons. The number of aromatic nitrogens is 1. The Balaban J connectivity index is 1.64. The third-order valence-electron chi connectivity index (χ3n) is 5.10. The molecule has 1 saturated heterocycles. The number of nitrogens with two attached hydrogens (primary N) is 1. The van der Waals surface area contributed by atoms with Gasteiger partial charge in [0.25, 0.3) is 0 Å². The van der Waals surface area contributed by atoms with Crippen molar-refractivity contribution < 1.29 is 9.59 Å². The van der Waals surface area contributed by atoms with Gasteiger partial charge >= 0.3 is 6.03 Å². The van der Waals surface area contributed by atoms with Gasteiger partial charge in [0.1, 0.15) is 4.34 Å². The smallest absolute Gasteiger partial charge is 0.328 e.